The van der Waals surface area contributed by atoms with Gasteiger partial charge in [0.1, 0.15) is 5.69 Å². The van der Waals surface area contributed by atoms with Crippen LogP contribution in [0.15, 0.2) is 107 Å². The molecule has 0 fully saturated rings. The summed E-state index contributed by atoms with van der Waals surface area (Å²) in [7, 11) is 1.78. The number of hydrogen-bond acceptors (Lipinski definition) is 4. The number of fused-ring (bicyclic) bond motifs is 1. The van der Waals surface area contributed by atoms with Crippen LogP contribution in [0.4, 0.5) is 11.4 Å². The Morgan fingerprint density at radius 3 is 2.34 bits per heavy atom. The Labute approximate surface area is 224 Å². The molecule has 2 amide bonds. The highest BCUT2D eigenvalue weighted by molar-refractivity contribution is 8.00. The zero-order valence-corrected chi connectivity index (χ0v) is 21.8. The Kier molecular flexibility index (Phi) is 7.15. The lowest BCUT2D eigenvalue weighted by atomic mass is 10.1. The zero-order valence-electron chi connectivity index (χ0n) is 21.0. The van der Waals surface area contributed by atoms with Crippen molar-refractivity contribution >= 4 is 45.7 Å². The molecule has 0 saturated heterocycles. The van der Waals surface area contributed by atoms with Crippen molar-refractivity contribution in [2.75, 3.05) is 16.4 Å². The van der Waals surface area contributed by atoms with Crippen LogP contribution in [0.3, 0.4) is 0 Å². The van der Waals surface area contributed by atoms with Gasteiger partial charge in [-0.25, -0.2) is 4.68 Å². The first-order valence-electron chi connectivity index (χ1n) is 12.1. The van der Waals surface area contributed by atoms with Crippen LogP contribution in [0, 0.1) is 6.92 Å². The maximum absolute atomic E-state index is 13.0. The first kappa shape index (κ1) is 25.1. The van der Waals surface area contributed by atoms with E-state index in [4.69, 9.17) is 0 Å². The largest absolute Gasteiger partial charge is 0.322 e. The van der Waals surface area contributed by atoms with Crippen LogP contribution in [0.1, 0.15) is 16.1 Å². The Hall–Kier alpha value is -4.56. The third-order valence-electron chi connectivity index (χ3n) is 6.29. The van der Waals surface area contributed by atoms with Crippen LogP contribution in [0.2, 0.25) is 0 Å². The SMILES string of the molecule is Cc1c(NC(=O)CSc2cccc(NC(=O)c3ccc4ccccc4c3)c2)c(=O)n(-c2ccccc2)n1C. The third-order valence-corrected chi connectivity index (χ3v) is 7.29. The lowest BCUT2D eigenvalue weighted by Gasteiger charge is -2.09. The van der Waals surface area contributed by atoms with Gasteiger partial charge in [0.25, 0.3) is 11.5 Å². The lowest BCUT2D eigenvalue weighted by Crippen LogP contribution is -2.23. The second-order valence-corrected chi connectivity index (χ2v) is 9.87. The molecule has 0 bridgehead atoms. The molecule has 0 spiro atoms. The molecule has 0 saturated carbocycles. The van der Waals surface area contributed by atoms with Crippen LogP contribution in [0.25, 0.3) is 16.5 Å². The fourth-order valence-electron chi connectivity index (χ4n) is 4.23. The van der Waals surface area contributed by atoms with E-state index < -0.39 is 0 Å². The highest BCUT2D eigenvalue weighted by Crippen LogP contribution is 2.23. The Bertz CT molecular complexity index is 1710. The molecule has 0 aliphatic rings. The second-order valence-electron chi connectivity index (χ2n) is 8.82. The highest BCUT2D eigenvalue weighted by Gasteiger charge is 2.18. The monoisotopic (exact) mass is 522 g/mol. The molecule has 38 heavy (non-hydrogen) atoms. The van der Waals surface area contributed by atoms with Crippen LogP contribution in [-0.2, 0) is 11.8 Å². The van der Waals surface area contributed by atoms with Crippen molar-refractivity contribution in [2.45, 2.75) is 11.8 Å². The molecular formula is C30H26N4O3S. The number of amides is 2. The Balaban J connectivity index is 1.23. The minimum atomic E-state index is -0.286. The molecule has 5 rings (SSSR count). The van der Waals surface area contributed by atoms with Crippen LogP contribution in [0.5, 0.6) is 0 Å². The van der Waals surface area contributed by atoms with Crippen molar-refractivity contribution in [2.24, 2.45) is 7.05 Å². The fourth-order valence-corrected chi connectivity index (χ4v) is 4.99. The lowest BCUT2D eigenvalue weighted by molar-refractivity contribution is -0.113. The molecule has 1 heterocycles. The van der Waals surface area contributed by atoms with E-state index in [1.807, 2.05) is 91.0 Å². The van der Waals surface area contributed by atoms with Crippen molar-refractivity contribution in [1.82, 2.24) is 9.36 Å². The second kappa shape index (κ2) is 10.8. The van der Waals surface area contributed by atoms with Gasteiger partial charge < -0.3 is 10.6 Å². The number of para-hydroxylation sites is 1. The summed E-state index contributed by atoms with van der Waals surface area (Å²) >= 11 is 1.33. The van der Waals surface area contributed by atoms with Crippen LogP contribution in [-0.4, -0.2) is 26.9 Å². The Morgan fingerprint density at radius 2 is 1.55 bits per heavy atom. The summed E-state index contributed by atoms with van der Waals surface area (Å²) < 4.78 is 3.25. The van der Waals surface area contributed by atoms with Crippen LogP contribution < -0.4 is 16.2 Å². The van der Waals surface area contributed by atoms with Crippen molar-refractivity contribution in [1.29, 1.82) is 0 Å². The molecule has 0 atom stereocenters. The molecule has 5 aromatic rings. The summed E-state index contributed by atoms with van der Waals surface area (Å²) in [5.41, 5.74) is 2.57. The number of carbonyl (C=O) groups excluding carboxylic acids is 2. The summed E-state index contributed by atoms with van der Waals surface area (Å²) in [6.45, 7) is 1.80. The van der Waals surface area contributed by atoms with E-state index >= 15 is 0 Å². The van der Waals surface area contributed by atoms with Gasteiger partial charge in [-0.2, -0.15) is 0 Å². The standard InChI is InChI=1S/C30H26N4O3S/c1-20-28(30(37)34(33(20)2)25-12-4-3-5-13-25)32-27(35)19-38-26-14-8-11-24(18-26)31-29(36)23-16-15-21-9-6-7-10-22(21)17-23/h3-18H,19H2,1-2H3,(H,31,36)(H,32,35). The van der Waals surface area contributed by atoms with E-state index in [0.29, 0.717) is 16.9 Å². The molecule has 2 N–H and O–H groups in total. The average molecular weight is 523 g/mol. The average Bonchev–Trinajstić information content (AvgIpc) is 3.15. The summed E-state index contributed by atoms with van der Waals surface area (Å²) in [6.07, 6.45) is 0. The molecule has 0 unspecified atom stereocenters. The number of benzene rings is 4. The summed E-state index contributed by atoms with van der Waals surface area (Å²) in [4.78, 5) is 39.4. The van der Waals surface area contributed by atoms with Gasteiger partial charge >= 0.3 is 0 Å². The van der Waals surface area contributed by atoms with Gasteiger partial charge in [-0.1, -0.05) is 54.6 Å². The van der Waals surface area contributed by atoms with E-state index in [-0.39, 0.29) is 28.8 Å². The molecule has 4 aromatic carbocycles. The molecule has 190 valence electrons. The van der Waals surface area contributed by atoms with Gasteiger partial charge in [0.15, 0.2) is 0 Å². The third kappa shape index (κ3) is 5.26. The summed E-state index contributed by atoms with van der Waals surface area (Å²) in [5, 5.41) is 7.78. The predicted molar refractivity (Wildman–Crippen MR) is 153 cm³/mol. The molecule has 7 nitrogen and oxygen atoms in total. The van der Waals surface area contributed by atoms with Crippen molar-refractivity contribution in [3.8, 4) is 5.69 Å². The van der Waals surface area contributed by atoms with Gasteiger partial charge in [-0.15, -0.1) is 11.8 Å². The molecule has 8 heteroatoms. The first-order chi connectivity index (χ1) is 18.4. The van der Waals surface area contributed by atoms with Gasteiger partial charge in [-0.05, 0) is 60.2 Å². The zero-order chi connectivity index (χ0) is 26.6. The normalized spacial score (nSPS) is 10.9. The quantitative estimate of drug-likeness (QED) is 0.272. The number of carbonyl (C=O) groups is 2. The molecule has 1 aromatic heterocycles. The van der Waals surface area contributed by atoms with E-state index in [1.54, 1.807) is 24.7 Å². The number of thioether (sulfide) groups is 1. The van der Waals surface area contributed by atoms with E-state index in [1.165, 1.54) is 16.4 Å². The summed E-state index contributed by atoms with van der Waals surface area (Å²) in [5.74, 6) is -0.377. The van der Waals surface area contributed by atoms with Gasteiger partial charge in [0, 0.05) is 23.2 Å². The number of rotatable bonds is 7. The highest BCUT2D eigenvalue weighted by atomic mass is 32.2. The minimum Gasteiger partial charge on any atom is -0.322 e. The smallest absolute Gasteiger partial charge is 0.295 e. The summed E-state index contributed by atoms with van der Waals surface area (Å²) in [6, 6.07) is 30.1. The predicted octanol–water partition coefficient (Wildman–Crippen LogP) is 5.62. The maximum atomic E-state index is 13.0. The van der Waals surface area contributed by atoms with Crippen molar-refractivity contribution in [3.63, 3.8) is 0 Å². The number of nitrogens with zero attached hydrogens (tertiary/aromatic N) is 2. The molecular weight excluding hydrogens is 496 g/mol. The maximum Gasteiger partial charge on any atom is 0.295 e. The van der Waals surface area contributed by atoms with Gasteiger partial charge in [0.05, 0.1) is 17.1 Å². The minimum absolute atomic E-state index is 0.112. The molecule has 0 aliphatic carbocycles. The number of nitrogens with one attached hydrogen (secondary N) is 2. The van der Waals surface area contributed by atoms with E-state index in [0.717, 1.165) is 21.4 Å². The van der Waals surface area contributed by atoms with E-state index in [9.17, 15) is 14.4 Å². The van der Waals surface area contributed by atoms with Crippen molar-refractivity contribution < 1.29 is 9.59 Å². The first-order valence-corrected chi connectivity index (χ1v) is 13.1. The molecule has 0 aliphatic heterocycles. The van der Waals surface area contributed by atoms with E-state index in [2.05, 4.69) is 10.6 Å². The number of anilines is 2. The number of aromatic nitrogens is 2. The van der Waals surface area contributed by atoms with Gasteiger partial charge in [0.2, 0.25) is 5.91 Å². The number of hydrogen-bond donors (Lipinski definition) is 2. The fraction of sp³-hybridized carbons (Fsp3) is 0.100. The topological polar surface area (TPSA) is 85.1 Å². The van der Waals surface area contributed by atoms with Gasteiger partial charge in [-0.3, -0.25) is 19.1 Å². The Morgan fingerprint density at radius 1 is 0.816 bits per heavy atom. The molecule has 0 radical (unpaired) electrons. The van der Waals surface area contributed by atoms with Crippen LogP contribution >= 0.6 is 11.8 Å². The van der Waals surface area contributed by atoms with Crippen molar-refractivity contribution in [3.05, 3.63) is 119 Å².